The Kier molecular flexibility index (Phi) is 5.08. The molecule has 1 aliphatic heterocycles. The smallest absolute Gasteiger partial charge is 0.243 e. The van der Waals surface area contributed by atoms with Crippen LogP contribution in [0, 0.1) is 0 Å². The van der Waals surface area contributed by atoms with Crippen LogP contribution in [0.3, 0.4) is 0 Å². The summed E-state index contributed by atoms with van der Waals surface area (Å²) >= 11 is 0. The van der Waals surface area contributed by atoms with Crippen molar-refractivity contribution in [1.82, 2.24) is 19.8 Å². The summed E-state index contributed by atoms with van der Waals surface area (Å²) < 4.78 is 16.8. The van der Waals surface area contributed by atoms with Crippen LogP contribution in [0.1, 0.15) is 24.0 Å². The molecule has 1 unspecified atom stereocenters. The molecule has 1 aliphatic rings. The van der Waals surface area contributed by atoms with Crippen molar-refractivity contribution in [2.75, 3.05) is 27.2 Å². The number of likely N-dealkylation sites (tertiary alicyclic amines) is 1. The molecule has 25 heavy (non-hydrogen) atoms. The molecule has 2 aromatic rings. The Bertz CT molecular complexity index is 662. The largest absolute Gasteiger partial charge is 0.347 e. The predicted molar refractivity (Wildman–Crippen MR) is 93.7 cm³/mol. The third kappa shape index (κ3) is 3.26. The van der Waals surface area contributed by atoms with Crippen molar-refractivity contribution < 1.29 is 9.18 Å². The van der Waals surface area contributed by atoms with E-state index >= 15 is 4.39 Å². The van der Waals surface area contributed by atoms with Crippen molar-refractivity contribution in [3.05, 3.63) is 60.2 Å². The molecule has 1 fully saturated rings. The van der Waals surface area contributed by atoms with E-state index in [4.69, 9.17) is 0 Å². The molecule has 2 aromatic heterocycles. The molecule has 0 aromatic carbocycles. The second-order valence-electron chi connectivity index (χ2n) is 6.57. The van der Waals surface area contributed by atoms with E-state index in [1.807, 2.05) is 4.90 Å². The van der Waals surface area contributed by atoms with Gasteiger partial charge in [-0.3, -0.25) is 19.7 Å². The number of hydrogen-bond acceptors (Lipinski definition) is 4. The van der Waals surface area contributed by atoms with Gasteiger partial charge in [-0.15, -0.1) is 0 Å². The predicted octanol–water partition coefficient (Wildman–Crippen LogP) is 2.24. The maximum absolute atomic E-state index is 16.8. The minimum absolute atomic E-state index is 0.253. The van der Waals surface area contributed by atoms with Crippen molar-refractivity contribution in [3.63, 3.8) is 0 Å². The van der Waals surface area contributed by atoms with Crippen molar-refractivity contribution >= 4 is 5.91 Å². The summed E-state index contributed by atoms with van der Waals surface area (Å²) in [7, 11) is 3.33. The number of halogens is 1. The summed E-state index contributed by atoms with van der Waals surface area (Å²) in [5.74, 6) is -0.253. The molecule has 3 rings (SSSR count). The summed E-state index contributed by atoms with van der Waals surface area (Å²) in [6.07, 6.45) is 8.14. The standard InChI is InChI=1S/C19H23FN4O/c1-23(2)18(25)17(24-11-3-4-12-24)19(20,15-7-5-9-21-13-15)16-8-6-10-22-14-16/h5-10,13-14,17H,3-4,11-12H2,1-2H3. The fourth-order valence-electron chi connectivity index (χ4n) is 3.46. The number of hydrogen-bond donors (Lipinski definition) is 0. The molecule has 5 nitrogen and oxygen atoms in total. The lowest BCUT2D eigenvalue weighted by Crippen LogP contribution is -2.56. The minimum Gasteiger partial charge on any atom is -0.347 e. The fraction of sp³-hybridized carbons (Fsp3) is 0.421. The number of carbonyl (C=O) groups is 1. The van der Waals surface area contributed by atoms with Gasteiger partial charge in [0.25, 0.3) is 0 Å². The first-order chi connectivity index (χ1) is 12.0. The second kappa shape index (κ2) is 7.27. The van der Waals surface area contributed by atoms with Crippen molar-refractivity contribution in [2.45, 2.75) is 24.6 Å². The van der Waals surface area contributed by atoms with Crippen LogP contribution >= 0.6 is 0 Å². The van der Waals surface area contributed by atoms with Gasteiger partial charge < -0.3 is 4.90 Å². The van der Waals surface area contributed by atoms with Gasteiger partial charge in [-0.05, 0) is 38.1 Å². The highest BCUT2D eigenvalue weighted by Gasteiger charge is 2.51. The Hall–Kier alpha value is -2.34. The van der Waals surface area contributed by atoms with Gasteiger partial charge in [-0.1, -0.05) is 12.1 Å². The molecule has 0 bridgehead atoms. The van der Waals surface area contributed by atoms with Gasteiger partial charge >= 0.3 is 0 Å². The van der Waals surface area contributed by atoms with Crippen molar-refractivity contribution in [2.24, 2.45) is 0 Å². The summed E-state index contributed by atoms with van der Waals surface area (Å²) in [5, 5.41) is 0. The zero-order chi connectivity index (χ0) is 17.9. The Morgan fingerprint density at radius 1 is 1.12 bits per heavy atom. The maximum atomic E-state index is 16.8. The van der Waals surface area contributed by atoms with Crippen LogP contribution in [-0.4, -0.2) is 58.9 Å². The van der Waals surface area contributed by atoms with E-state index in [9.17, 15) is 4.79 Å². The van der Waals surface area contributed by atoms with Crippen LogP contribution in [0.25, 0.3) is 0 Å². The molecule has 1 atom stereocenters. The molecule has 0 spiro atoms. The van der Waals surface area contributed by atoms with Crippen LogP contribution < -0.4 is 0 Å². The molecule has 0 aliphatic carbocycles. The maximum Gasteiger partial charge on any atom is 0.243 e. The van der Waals surface area contributed by atoms with E-state index in [1.54, 1.807) is 50.8 Å². The lowest BCUT2D eigenvalue weighted by molar-refractivity contribution is -0.139. The summed E-state index contributed by atoms with van der Waals surface area (Å²) in [4.78, 5) is 24.6. The number of aromatic nitrogens is 2. The van der Waals surface area contributed by atoms with Crippen LogP contribution in [0.2, 0.25) is 0 Å². The number of pyridine rings is 2. The van der Waals surface area contributed by atoms with Crippen LogP contribution in [0.5, 0.6) is 0 Å². The zero-order valence-corrected chi connectivity index (χ0v) is 14.6. The Morgan fingerprint density at radius 3 is 2.04 bits per heavy atom. The summed E-state index contributed by atoms with van der Waals surface area (Å²) in [5.41, 5.74) is -1.28. The first kappa shape index (κ1) is 17.5. The Labute approximate surface area is 147 Å². The quantitative estimate of drug-likeness (QED) is 0.836. The van der Waals surface area contributed by atoms with Gasteiger partial charge in [0.15, 0.2) is 5.67 Å². The lowest BCUT2D eigenvalue weighted by Gasteiger charge is -2.39. The van der Waals surface area contributed by atoms with Gasteiger partial charge in [-0.2, -0.15) is 0 Å². The third-order valence-corrected chi connectivity index (χ3v) is 4.72. The molecule has 0 radical (unpaired) electrons. The highest BCUT2D eigenvalue weighted by Crippen LogP contribution is 2.40. The van der Waals surface area contributed by atoms with Crippen molar-refractivity contribution in [1.29, 1.82) is 0 Å². The molecule has 132 valence electrons. The zero-order valence-electron chi connectivity index (χ0n) is 14.6. The molecular weight excluding hydrogens is 319 g/mol. The summed E-state index contributed by atoms with van der Waals surface area (Å²) in [6, 6.07) is 5.82. The highest BCUT2D eigenvalue weighted by molar-refractivity contribution is 5.84. The van der Waals surface area contributed by atoms with Gasteiger partial charge in [0.05, 0.1) is 0 Å². The molecular formula is C19H23FN4O. The SMILES string of the molecule is CN(C)C(=O)C(N1CCCC1)C(F)(c1cccnc1)c1cccnc1. The van der Waals surface area contributed by atoms with E-state index in [1.165, 1.54) is 17.3 Å². The van der Waals surface area contributed by atoms with Gasteiger partial charge in [0.1, 0.15) is 6.04 Å². The van der Waals surface area contributed by atoms with E-state index in [0.29, 0.717) is 24.2 Å². The highest BCUT2D eigenvalue weighted by atomic mass is 19.1. The average Bonchev–Trinajstić information content (AvgIpc) is 3.17. The van der Waals surface area contributed by atoms with Gasteiger partial charge in [0.2, 0.25) is 5.91 Å². The Morgan fingerprint density at radius 2 is 1.64 bits per heavy atom. The van der Waals surface area contributed by atoms with Gasteiger partial charge in [-0.25, -0.2) is 4.39 Å². The number of alkyl halides is 1. The van der Waals surface area contributed by atoms with E-state index in [-0.39, 0.29) is 5.91 Å². The Balaban J connectivity index is 2.18. The van der Waals surface area contributed by atoms with Crippen molar-refractivity contribution in [3.8, 4) is 0 Å². The monoisotopic (exact) mass is 342 g/mol. The number of carbonyl (C=O) groups excluding carboxylic acids is 1. The van der Waals surface area contributed by atoms with E-state index < -0.39 is 11.7 Å². The van der Waals surface area contributed by atoms with E-state index in [2.05, 4.69) is 9.97 Å². The fourth-order valence-corrected chi connectivity index (χ4v) is 3.46. The number of nitrogens with zero attached hydrogens (tertiary/aromatic N) is 4. The van der Waals surface area contributed by atoms with Crippen LogP contribution in [0.15, 0.2) is 49.1 Å². The molecule has 1 saturated heterocycles. The second-order valence-corrected chi connectivity index (χ2v) is 6.57. The topological polar surface area (TPSA) is 49.3 Å². The first-order valence-corrected chi connectivity index (χ1v) is 8.50. The summed E-state index contributed by atoms with van der Waals surface area (Å²) in [6.45, 7) is 1.41. The molecule has 6 heteroatoms. The minimum atomic E-state index is -2.02. The first-order valence-electron chi connectivity index (χ1n) is 8.50. The van der Waals surface area contributed by atoms with E-state index in [0.717, 1.165) is 12.8 Å². The van der Waals surface area contributed by atoms with Gasteiger partial charge in [0, 0.05) is 50.0 Å². The molecule has 0 N–H and O–H groups in total. The molecule has 0 saturated carbocycles. The number of rotatable bonds is 5. The lowest BCUT2D eigenvalue weighted by atomic mass is 9.81. The molecule has 1 amide bonds. The van der Waals surface area contributed by atoms with Crippen LogP contribution in [-0.2, 0) is 10.5 Å². The van der Waals surface area contributed by atoms with Crippen LogP contribution in [0.4, 0.5) is 4.39 Å². The third-order valence-electron chi connectivity index (χ3n) is 4.72. The normalized spacial score (nSPS) is 16.6. The average molecular weight is 342 g/mol. The molecule has 3 heterocycles. The number of amides is 1. The number of likely N-dealkylation sites (N-methyl/N-ethyl adjacent to an activating group) is 1.